The average Bonchev–Trinajstić information content (AvgIpc) is 2.40. The highest BCUT2D eigenvalue weighted by molar-refractivity contribution is 6.28. The Morgan fingerprint density at radius 1 is 1.14 bits per heavy atom. The number of hydrogen-bond donors (Lipinski definition) is 1. The molecule has 0 atom stereocenters. The maximum absolute atomic E-state index is 5.88. The maximum atomic E-state index is 5.88. The van der Waals surface area contributed by atoms with Gasteiger partial charge in [0.25, 0.3) is 0 Å². The largest absolute Gasteiger partial charge is 0.463 e. The van der Waals surface area contributed by atoms with Crippen LogP contribution in [-0.4, -0.2) is 51.6 Å². The molecule has 1 aromatic heterocycles. The van der Waals surface area contributed by atoms with E-state index in [0.29, 0.717) is 24.6 Å². The molecule has 0 bridgehead atoms. The van der Waals surface area contributed by atoms with E-state index < -0.39 is 0 Å². The summed E-state index contributed by atoms with van der Waals surface area (Å²) in [6, 6.07) is 1.26. The Bertz CT molecular complexity index is 420. The van der Waals surface area contributed by atoms with Crippen molar-refractivity contribution in [3.63, 3.8) is 0 Å². The summed E-state index contributed by atoms with van der Waals surface area (Å²) < 4.78 is 5.38. The number of nitrogens with zero attached hydrogens (tertiary/aromatic N) is 4. The van der Waals surface area contributed by atoms with Gasteiger partial charge < -0.3 is 10.1 Å². The molecule has 0 unspecified atom stereocenters. The van der Waals surface area contributed by atoms with Gasteiger partial charge in [-0.15, -0.1) is 0 Å². The molecule has 0 spiro atoms. The van der Waals surface area contributed by atoms with E-state index in [2.05, 4.69) is 52.9 Å². The predicted octanol–water partition coefficient (Wildman–Crippen LogP) is 2.84. The van der Waals surface area contributed by atoms with E-state index in [1.54, 1.807) is 0 Å². The van der Waals surface area contributed by atoms with Gasteiger partial charge in [0.2, 0.25) is 11.2 Å². The molecule has 21 heavy (non-hydrogen) atoms. The van der Waals surface area contributed by atoms with E-state index in [9.17, 15) is 0 Å². The first-order chi connectivity index (χ1) is 9.93. The molecule has 0 aliphatic rings. The van der Waals surface area contributed by atoms with E-state index >= 15 is 0 Å². The molecule has 1 heterocycles. The van der Waals surface area contributed by atoms with Gasteiger partial charge >= 0.3 is 6.01 Å². The zero-order valence-electron chi connectivity index (χ0n) is 13.6. The molecule has 0 aliphatic heterocycles. The SMILES string of the molecule is CCCOc1nc(Cl)nc(NCCN(C(C)C)C(C)C)n1. The van der Waals surface area contributed by atoms with Gasteiger partial charge in [-0.1, -0.05) is 6.92 Å². The van der Waals surface area contributed by atoms with E-state index in [0.717, 1.165) is 19.5 Å². The average molecular weight is 316 g/mol. The molecule has 0 aromatic carbocycles. The number of rotatable bonds is 9. The number of aromatic nitrogens is 3. The van der Waals surface area contributed by atoms with Crippen LogP contribution in [-0.2, 0) is 0 Å². The lowest BCUT2D eigenvalue weighted by atomic mass is 10.2. The van der Waals surface area contributed by atoms with Crippen molar-refractivity contribution in [1.29, 1.82) is 0 Å². The molecule has 6 nitrogen and oxygen atoms in total. The van der Waals surface area contributed by atoms with Crippen LogP contribution in [0.5, 0.6) is 6.01 Å². The number of halogens is 1. The Morgan fingerprint density at radius 3 is 2.38 bits per heavy atom. The van der Waals surface area contributed by atoms with Crippen molar-refractivity contribution in [2.75, 3.05) is 25.0 Å². The number of ether oxygens (including phenoxy) is 1. The smallest absolute Gasteiger partial charge is 0.322 e. The summed E-state index contributed by atoms with van der Waals surface area (Å²) in [5.41, 5.74) is 0. The van der Waals surface area contributed by atoms with E-state index in [1.807, 2.05) is 6.92 Å². The highest BCUT2D eigenvalue weighted by atomic mass is 35.5. The Morgan fingerprint density at radius 2 is 1.81 bits per heavy atom. The third-order valence-corrected chi connectivity index (χ3v) is 3.17. The molecule has 0 fully saturated rings. The summed E-state index contributed by atoms with van der Waals surface area (Å²) in [6.07, 6.45) is 0.893. The van der Waals surface area contributed by atoms with Crippen LogP contribution in [0.25, 0.3) is 0 Å². The molecule has 0 saturated heterocycles. The fourth-order valence-corrected chi connectivity index (χ4v) is 2.23. The summed E-state index contributed by atoms with van der Waals surface area (Å²) in [5.74, 6) is 0.452. The van der Waals surface area contributed by atoms with E-state index in [4.69, 9.17) is 16.3 Å². The van der Waals surface area contributed by atoms with Gasteiger partial charge in [0.15, 0.2) is 0 Å². The summed E-state index contributed by atoms with van der Waals surface area (Å²) in [4.78, 5) is 14.6. The van der Waals surface area contributed by atoms with Crippen LogP contribution in [0.15, 0.2) is 0 Å². The third-order valence-electron chi connectivity index (χ3n) is 3.00. The summed E-state index contributed by atoms with van der Waals surface area (Å²) in [6.45, 7) is 13.0. The number of hydrogen-bond acceptors (Lipinski definition) is 6. The lowest BCUT2D eigenvalue weighted by molar-refractivity contribution is 0.182. The number of anilines is 1. The second-order valence-electron chi connectivity index (χ2n) is 5.41. The predicted molar refractivity (Wildman–Crippen MR) is 86.1 cm³/mol. The second kappa shape index (κ2) is 9.00. The minimum Gasteiger partial charge on any atom is -0.463 e. The van der Waals surface area contributed by atoms with Gasteiger partial charge in [-0.2, -0.15) is 15.0 Å². The first kappa shape index (κ1) is 17.9. The van der Waals surface area contributed by atoms with Gasteiger partial charge in [0.05, 0.1) is 6.61 Å². The highest BCUT2D eigenvalue weighted by Crippen LogP contribution is 2.12. The van der Waals surface area contributed by atoms with Gasteiger partial charge in [-0.25, -0.2) is 0 Å². The molecule has 1 N–H and O–H groups in total. The highest BCUT2D eigenvalue weighted by Gasteiger charge is 2.13. The van der Waals surface area contributed by atoms with Crippen LogP contribution in [0.4, 0.5) is 5.95 Å². The summed E-state index contributed by atoms with van der Waals surface area (Å²) in [5, 5.41) is 3.32. The minimum absolute atomic E-state index is 0.142. The van der Waals surface area contributed by atoms with Crippen LogP contribution in [0.1, 0.15) is 41.0 Å². The molecule has 1 aromatic rings. The molecular weight excluding hydrogens is 290 g/mol. The van der Waals surface area contributed by atoms with Crippen molar-refractivity contribution in [3.8, 4) is 6.01 Å². The van der Waals surface area contributed by atoms with E-state index in [1.165, 1.54) is 0 Å². The van der Waals surface area contributed by atoms with Crippen LogP contribution in [0.2, 0.25) is 5.28 Å². The van der Waals surface area contributed by atoms with Gasteiger partial charge in [-0.05, 0) is 45.7 Å². The van der Waals surface area contributed by atoms with Crippen LogP contribution >= 0.6 is 11.6 Å². The molecule has 0 saturated carbocycles. The van der Waals surface area contributed by atoms with Crippen LogP contribution in [0.3, 0.4) is 0 Å². The van der Waals surface area contributed by atoms with Crippen molar-refractivity contribution in [2.24, 2.45) is 0 Å². The van der Waals surface area contributed by atoms with Crippen LogP contribution in [0, 0.1) is 0 Å². The van der Waals surface area contributed by atoms with Crippen molar-refractivity contribution >= 4 is 17.5 Å². The zero-order chi connectivity index (χ0) is 15.8. The first-order valence-corrected chi connectivity index (χ1v) is 7.85. The van der Waals surface area contributed by atoms with Gasteiger partial charge in [0.1, 0.15) is 0 Å². The summed E-state index contributed by atoms with van der Waals surface area (Å²) in [7, 11) is 0. The standard InChI is InChI=1S/C14H26ClN5O/c1-6-9-21-14-18-12(15)17-13(19-14)16-7-8-20(10(2)3)11(4)5/h10-11H,6-9H2,1-5H3,(H,16,17,18,19). The van der Waals surface area contributed by atoms with Crippen molar-refractivity contribution < 1.29 is 4.74 Å². The Labute approximate surface area is 132 Å². The van der Waals surface area contributed by atoms with Gasteiger partial charge in [0, 0.05) is 25.2 Å². The fourth-order valence-electron chi connectivity index (χ4n) is 2.08. The quantitative estimate of drug-likeness (QED) is 0.756. The fraction of sp³-hybridized carbons (Fsp3) is 0.786. The van der Waals surface area contributed by atoms with Gasteiger partial charge in [-0.3, -0.25) is 4.90 Å². The summed E-state index contributed by atoms with van der Waals surface area (Å²) >= 11 is 5.88. The lowest BCUT2D eigenvalue weighted by Gasteiger charge is -2.30. The third kappa shape index (κ3) is 6.44. The molecule has 120 valence electrons. The molecule has 0 radical (unpaired) electrons. The lowest BCUT2D eigenvalue weighted by Crippen LogP contribution is -2.40. The second-order valence-corrected chi connectivity index (χ2v) is 5.75. The van der Waals surface area contributed by atoms with E-state index in [-0.39, 0.29) is 11.3 Å². The first-order valence-electron chi connectivity index (χ1n) is 7.48. The minimum atomic E-state index is 0.142. The maximum Gasteiger partial charge on any atom is 0.322 e. The molecule has 0 aliphatic carbocycles. The zero-order valence-corrected chi connectivity index (χ0v) is 14.3. The Balaban J connectivity index is 2.56. The molecule has 1 rings (SSSR count). The van der Waals surface area contributed by atoms with Crippen molar-refractivity contribution in [1.82, 2.24) is 19.9 Å². The molecule has 0 amide bonds. The van der Waals surface area contributed by atoms with Crippen molar-refractivity contribution in [3.05, 3.63) is 5.28 Å². The normalized spacial score (nSPS) is 11.5. The molecular formula is C14H26ClN5O. The monoisotopic (exact) mass is 315 g/mol. The van der Waals surface area contributed by atoms with Crippen LogP contribution < -0.4 is 10.1 Å². The topological polar surface area (TPSA) is 63.2 Å². The Kier molecular flexibility index (Phi) is 7.67. The van der Waals surface area contributed by atoms with Crippen molar-refractivity contribution in [2.45, 2.75) is 53.1 Å². The Hall–Kier alpha value is -1.14. The number of nitrogens with one attached hydrogen (secondary N) is 1. The molecule has 7 heteroatoms.